The van der Waals surface area contributed by atoms with Crippen LogP contribution in [0.2, 0.25) is 0 Å². The maximum Gasteiger partial charge on any atom is 0.412 e. The molecule has 5 nitrogen and oxygen atoms in total. The molecule has 0 aromatic heterocycles. The van der Waals surface area contributed by atoms with E-state index in [0.29, 0.717) is 17.8 Å². The molecule has 0 aliphatic heterocycles. The number of hydrogen-bond acceptors (Lipinski definition) is 4. The number of allylic oxidation sites excluding steroid dienone is 1. The first-order valence-corrected chi connectivity index (χ1v) is 9.77. The Morgan fingerprint density at radius 2 is 1.91 bits per heavy atom. The van der Waals surface area contributed by atoms with Crippen molar-refractivity contribution in [2.45, 2.75) is 39.5 Å². The standard InChI is InChI=1S/C23H24F4N2O3/c1-4-16-7-5-6-8-20(16)17-9-10-19(21(24)12-17)15(3)32-29-22(30)18(13-28-31)11-14(2)23(25,26)27/h5-13,15,28,31H,4H2,1-3H3,(H,29,30)/b14-11+,18-13+. The monoisotopic (exact) mass is 452 g/mol. The topological polar surface area (TPSA) is 70.6 Å². The highest BCUT2D eigenvalue weighted by Gasteiger charge is 2.30. The van der Waals surface area contributed by atoms with Gasteiger partial charge in [-0.25, -0.2) is 9.87 Å². The fourth-order valence-electron chi connectivity index (χ4n) is 2.96. The summed E-state index contributed by atoms with van der Waals surface area (Å²) in [6.07, 6.45) is -3.60. The first kappa shape index (κ1) is 25.1. The van der Waals surface area contributed by atoms with Crippen LogP contribution in [0.3, 0.4) is 0 Å². The van der Waals surface area contributed by atoms with Gasteiger partial charge in [0.25, 0.3) is 5.91 Å². The Hall–Kier alpha value is -3.17. The van der Waals surface area contributed by atoms with E-state index in [4.69, 9.17) is 10.0 Å². The predicted octanol–water partition coefficient (Wildman–Crippen LogP) is 5.54. The fourth-order valence-corrected chi connectivity index (χ4v) is 2.96. The Balaban J connectivity index is 2.14. The van der Waals surface area contributed by atoms with Crippen LogP contribution in [0.1, 0.15) is 38.0 Å². The van der Waals surface area contributed by atoms with Gasteiger partial charge < -0.3 is 0 Å². The van der Waals surface area contributed by atoms with E-state index in [1.54, 1.807) is 6.07 Å². The van der Waals surface area contributed by atoms with E-state index < -0.39 is 35.2 Å². The lowest BCUT2D eigenvalue weighted by molar-refractivity contribution is -0.133. The molecule has 2 rings (SSSR count). The summed E-state index contributed by atoms with van der Waals surface area (Å²) in [4.78, 5) is 17.3. The number of hydrogen-bond donors (Lipinski definition) is 3. The molecule has 0 radical (unpaired) electrons. The van der Waals surface area contributed by atoms with Gasteiger partial charge in [-0.3, -0.25) is 20.3 Å². The molecular weight excluding hydrogens is 428 g/mol. The van der Waals surface area contributed by atoms with Gasteiger partial charge in [-0.2, -0.15) is 13.2 Å². The molecule has 0 spiro atoms. The Kier molecular flexibility index (Phi) is 8.56. The molecule has 0 saturated carbocycles. The van der Waals surface area contributed by atoms with Gasteiger partial charge in [-0.1, -0.05) is 43.3 Å². The van der Waals surface area contributed by atoms with E-state index in [9.17, 15) is 22.4 Å². The number of carbonyl (C=O) groups is 1. The Morgan fingerprint density at radius 3 is 2.50 bits per heavy atom. The molecule has 1 amide bonds. The van der Waals surface area contributed by atoms with Crippen molar-refractivity contribution in [2.75, 3.05) is 0 Å². The van der Waals surface area contributed by atoms with Gasteiger partial charge in [0.2, 0.25) is 0 Å². The molecule has 0 fully saturated rings. The molecule has 2 aromatic carbocycles. The quantitative estimate of drug-likeness (QED) is 0.213. The van der Waals surface area contributed by atoms with Gasteiger partial charge >= 0.3 is 6.18 Å². The van der Waals surface area contributed by atoms with Crippen molar-refractivity contribution in [1.29, 1.82) is 0 Å². The van der Waals surface area contributed by atoms with Crippen LogP contribution in [0.25, 0.3) is 11.1 Å². The normalized spacial score (nSPS) is 13.6. The number of hydroxylamine groups is 2. The first-order valence-electron chi connectivity index (χ1n) is 9.77. The van der Waals surface area contributed by atoms with Gasteiger partial charge in [0, 0.05) is 17.3 Å². The Bertz CT molecular complexity index is 1020. The molecule has 1 atom stereocenters. The summed E-state index contributed by atoms with van der Waals surface area (Å²) in [5, 5.41) is 8.74. The largest absolute Gasteiger partial charge is 0.412 e. The van der Waals surface area contributed by atoms with E-state index in [0.717, 1.165) is 24.5 Å². The molecule has 1 unspecified atom stereocenters. The number of benzene rings is 2. The highest BCUT2D eigenvalue weighted by Crippen LogP contribution is 2.29. The molecule has 0 heterocycles. The third-order valence-electron chi connectivity index (χ3n) is 4.78. The minimum Gasteiger partial charge on any atom is -0.292 e. The number of halogens is 4. The van der Waals surface area contributed by atoms with Crippen molar-refractivity contribution in [3.8, 4) is 11.1 Å². The molecular formula is C23H24F4N2O3. The predicted molar refractivity (Wildman–Crippen MR) is 112 cm³/mol. The number of carbonyl (C=O) groups excluding carboxylic acids is 1. The second-order valence-electron chi connectivity index (χ2n) is 6.99. The second-order valence-corrected chi connectivity index (χ2v) is 6.99. The van der Waals surface area contributed by atoms with E-state index in [1.165, 1.54) is 24.5 Å². The maximum absolute atomic E-state index is 14.7. The lowest BCUT2D eigenvalue weighted by Gasteiger charge is -2.16. The summed E-state index contributed by atoms with van der Waals surface area (Å²) >= 11 is 0. The van der Waals surface area contributed by atoms with Crippen molar-refractivity contribution in [3.05, 3.63) is 82.8 Å². The number of amides is 1. The highest BCUT2D eigenvalue weighted by atomic mass is 19.4. The SMILES string of the molecule is CCc1ccccc1-c1ccc(C(C)ONC(=O)C(=C/NO)/C=C(\C)C(F)(F)F)c(F)c1. The van der Waals surface area contributed by atoms with Crippen molar-refractivity contribution < 1.29 is 32.4 Å². The summed E-state index contributed by atoms with van der Waals surface area (Å²) in [6, 6.07) is 12.2. The van der Waals surface area contributed by atoms with Gasteiger partial charge in [-0.15, -0.1) is 0 Å². The van der Waals surface area contributed by atoms with Crippen molar-refractivity contribution >= 4 is 5.91 Å². The van der Waals surface area contributed by atoms with E-state index in [2.05, 4.69) is 0 Å². The lowest BCUT2D eigenvalue weighted by atomic mass is 9.96. The van der Waals surface area contributed by atoms with Gasteiger partial charge in [-0.05, 0) is 49.1 Å². The number of nitrogens with one attached hydrogen (secondary N) is 2. The zero-order valence-corrected chi connectivity index (χ0v) is 17.8. The molecule has 0 bridgehead atoms. The zero-order valence-electron chi connectivity index (χ0n) is 17.8. The van der Waals surface area contributed by atoms with Gasteiger partial charge in [0.1, 0.15) is 11.9 Å². The minimum atomic E-state index is -4.65. The van der Waals surface area contributed by atoms with Crippen LogP contribution in [-0.2, 0) is 16.1 Å². The van der Waals surface area contributed by atoms with Crippen molar-refractivity contribution in [3.63, 3.8) is 0 Å². The van der Waals surface area contributed by atoms with Gasteiger partial charge in [0.15, 0.2) is 0 Å². The van der Waals surface area contributed by atoms with Crippen LogP contribution in [-0.4, -0.2) is 17.3 Å². The molecule has 2 aromatic rings. The van der Waals surface area contributed by atoms with Crippen LogP contribution < -0.4 is 11.0 Å². The molecule has 0 saturated heterocycles. The number of aryl methyl sites for hydroxylation is 1. The smallest absolute Gasteiger partial charge is 0.292 e. The molecule has 172 valence electrons. The summed E-state index contributed by atoms with van der Waals surface area (Å²) in [7, 11) is 0. The van der Waals surface area contributed by atoms with E-state index in [-0.39, 0.29) is 5.56 Å². The van der Waals surface area contributed by atoms with E-state index >= 15 is 0 Å². The summed E-state index contributed by atoms with van der Waals surface area (Å²) in [6.45, 7) is 4.25. The van der Waals surface area contributed by atoms with Crippen LogP contribution >= 0.6 is 0 Å². The third-order valence-corrected chi connectivity index (χ3v) is 4.78. The Morgan fingerprint density at radius 1 is 1.22 bits per heavy atom. The number of alkyl halides is 3. The highest BCUT2D eigenvalue weighted by molar-refractivity contribution is 5.95. The van der Waals surface area contributed by atoms with Crippen LogP contribution in [0.5, 0.6) is 0 Å². The molecule has 0 aliphatic carbocycles. The summed E-state index contributed by atoms with van der Waals surface area (Å²) in [5.74, 6) is -1.62. The van der Waals surface area contributed by atoms with Crippen LogP contribution in [0.4, 0.5) is 17.6 Å². The molecule has 32 heavy (non-hydrogen) atoms. The zero-order chi connectivity index (χ0) is 23.9. The summed E-state index contributed by atoms with van der Waals surface area (Å²) < 4.78 is 52.9. The Labute approximate surface area is 183 Å². The van der Waals surface area contributed by atoms with Gasteiger partial charge in [0.05, 0.1) is 5.57 Å². The van der Waals surface area contributed by atoms with Crippen LogP contribution in [0.15, 0.2) is 65.9 Å². The average molecular weight is 452 g/mol. The maximum atomic E-state index is 14.7. The van der Waals surface area contributed by atoms with Crippen molar-refractivity contribution in [1.82, 2.24) is 11.0 Å². The second kappa shape index (κ2) is 10.9. The molecule has 3 N–H and O–H groups in total. The van der Waals surface area contributed by atoms with Crippen LogP contribution in [0, 0.1) is 5.82 Å². The average Bonchev–Trinajstić information content (AvgIpc) is 2.76. The molecule has 9 heteroatoms. The minimum absolute atomic E-state index is 0.149. The van der Waals surface area contributed by atoms with Crippen molar-refractivity contribution in [2.24, 2.45) is 0 Å². The lowest BCUT2D eigenvalue weighted by Crippen LogP contribution is -2.27. The summed E-state index contributed by atoms with van der Waals surface area (Å²) in [5.41, 5.74) is 4.70. The molecule has 0 aliphatic rings. The number of rotatable bonds is 8. The third kappa shape index (κ3) is 6.41. The van der Waals surface area contributed by atoms with E-state index in [1.807, 2.05) is 36.7 Å². The fraction of sp³-hybridized carbons (Fsp3) is 0.261. The first-order chi connectivity index (χ1) is 15.1.